The van der Waals surface area contributed by atoms with Crippen LogP contribution in [0.2, 0.25) is 0 Å². The molecule has 0 saturated carbocycles. The maximum atomic E-state index is 10.8. The smallest absolute Gasteiger partial charge is 0.320 e. The van der Waals surface area contributed by atoms with Crippen LogP contribution in [-0.2, 0) is 32.0 Å². The van der Waals surface area contributed by atoms with E-state index in [2.05, 4.69) is 46.3 Å². The van der Waals surface area contributed by atoms with Crippen LogP contribution in [0.1, 0.15) is 107 Å². The van der Waals surface area contributed by atoms with Crippen molar-refractivity contribution in [2.24, 2.45) is 101 Å². The highest BCUT2D eigenvalue weighted by Gasteiger charge is 2.22. The summed E-state index contributed by atoms with van der Waals surface area (Å²) in [5, 5.41) is 43.9. The lowest BCUT2D eigenvalue weighted by atomic mass is 9.97. The molecule has 0 aliphatic carbocycles. The summed E-state index contributed by atoms with van der Waals surface area (Å²) in [6.07, 6.45) is 11.5. The normalized spacial score (nSPS) is 17.9. The van der Waals surface area contributed by atoms with Crippen molar-refractivity contribution in [3.63, 3.8) is 0 Å². The van der Waals surface area contributed by atoms with Crippen LogP contribution in [0.3, 0.4) is 0 Å². The topological polar surface area (TPSA) is 479 Å². The van der Waals surface area contributed by atoms with E-state index in [0.717, 1.165) is 90.9 Å². The molecule has 0 spiro atoms. The van der Waals surface area contributed by atoms with E-state index >= 15 is 0 Å². The molecule has 80 heavy (non-hydrogen) atoms. The first-order valence-corrected chi connectivity index (χ1v) is 26.0. The fourth-order valence-corrected chi connectivity index (χ4v) is 7.59. The van der Waals surface area contributed by atoms with Gasteiger partial charge in [-0.3, -0.25) is 29.2 Å². The van der Waals surface area contributed by atoms with Gasteiger partial charge in [0.05, 0.1) is 41.6 Å². The highest BCUT2D eigenvalue weighted by Crippen LogP contribution is 2.21. The number of rotatable bonds is 22. The quantitative estimate of drug-likeness (QED) is 0.0734. The van der Waals surface area contributed by atoms with Crippen molar-refractivity contribution < 1.29 is 44.7 Å². The molecule has 8 atom stereocenters. The zero-order valence-electron chi connectivity index (χ0n) is 46.6. The number of benzene rings is 2. The number of aliphatic carboxylic acids is 3. The van der Waals surface area contributed by atoms with Gasteiger partial charge < -0.3 is 82.9 Å². The number of nitrogens with two attached hydrogens (primary N) is 10. The van der Waals surface area contributed by atoms with E-state index in [1.807, 2.05) is 48.5 Å². The van der Waals surface area contributed by atoms with E-state index in [4.69, 9.17) is 82.9 Å². The van der Waals surface area contributed by atoms with Crippen molar-refractivity contribution in [2.45, 2.75) is 122 Å². The molecule has 4 aliphatic heterocycles. The summed E-state index contributed by atoms with van der Waals surface area (Å²) < 4.78 is 0. The molecule has 0 radical (unpaired) electrons. The molecule has 0 amide bonds. The number of ketones is 1. The molecule has 0 aromatic heterocycles. The number of carboxylic acid groups (broad SMARTS) is 3. The number of carbonyl (C=O) groups excluding carboxylic acids is 1. The number of carboxylic acids is 3. The Hall–Kier alpha value is -8.12. The van der Waals surface area contributed by atoms with Crippen LogP contribution in [0.15, 0.2) is 130 Å². The van der Waals surface area contributed by atoms with Gasteiger partial charge in [0.1, 0.15) is 35.0 Å². The molecule has 0 fully saturated rings. The average molecular weight is 1110 g/mol. The van der Waals surface area contributed by atoms with Crippen LogP contribution in [-0.4, -0.2) is 110 Å². The third-order valence-electron chi connectivity index (χ3n) is 12.7. The van der Waals surface area contributed by atoms with Gasteiger partial charge in [0.2, 0.25) is 0 Å². The van der Waals surface area contributed by atoms with E-state index in [1.165, 1.54) is 6.92 Å². The highest BCUT2D eigenvalue weighted by molar-refractivity contribution is 5.86. The predicted octanol–water partition coefficient (Wildman–Crippen LogP) is 4.21. The Bertz CT molecular complexity index is 2630. The standard InChI is InChI=1S/2C12H15NO2.C9H17N3O.C9H15N3O.C8H15N3O.C7H11N3O2/c1-8(12(14)15)7-10-3-5-11(6-4-10)9(2)13;1-8(12(14)15)6-10-4-3-5-11(7-10)9(2)13;2*1-6(13)8(10)3-2-7-4-9(11)12-5-7;1-5(12)7(9)2-6-3-8(10)11-4-6;8-5(7(11)12)1-4-2-6(9)10-3-4/h3-6,8H,2,7,13H2,1H3,(H,14,15);3-5,7-8H,2,6,13H2,1H3,(H,14,15);7-8,13H,1-5,10H2,(H2,11,12);5,8,13H,1-4,10H2,(H2,11,12);6-7H,2-4,9H2,1H3,(H2,10,11);3,5H,1-2,8H2,(H2,9,10)(H,11,12)/t2*8-;7?,8-;8-;6?,7-;5-/m000000/s1. The van der Waals surface area contributed by atoms with Crippen LogP contribution < -0.4 is 57.3 Å². The van der Waals surface area contributed by atoms with Crippen LogP contribution in [0.25, 0.3) is 11.4 Å². The molecule has 2 aromatic rings. The largest absolute Gasteiger partial charge is 0.511 e. The first-order chi connectivity index (χ1) is 37.4. The molecule has 0 bridgehead atoms. The zero-order valence-corrected chi connectivity index (χ0v) is 46.6. The van der Waals surface area contributed by atoms with Gasteiger partial charge in [0.15, 0.2) is 0 Å². The van der Waals surface area contributed by atoms with Crippen LogP contribution in [0, 0.1) is 23.7 Å². The van der Waals surface area contributed by atoms with Crippen molar-refractivity contribution in [3.05, 3.63) is 132 Å². The Morgan fingerprint density at radius 3 is 1.46 bits per heavy atom. The van der Waals surface area contributed by atoms with Crippen molar-refractivity contribution in [1.29, 1.82) is 0 Å². The molecule has 25 N–H and O–H groups in total. The monoisotopic (exact) mass is 1110 g/mol. The first-order valence-electron chi connectivity index (χ1n) is 26.0. The lowest BCUT2D eigenvalue weighted by molar-refractivity contribution is -0.142. The fourth-order valence-electron chi connectivity index (χ4n) is 7.59. The molecule has 440 valence electrons. The van der Waals surface area contributed by atoms with Crippen molar-refractivity contribution in [3.8, 4) is 0 Å². The Kier molecular flexibility index (Phi) is 31.6. The van der Waals surface area contributed by atoms with Gasteiger partial charge in [-0.2, -0.15) is 0 Å². The van der Waals surface area contributed by atoms with E-state index in [0.29, 0.717) is 79.3 Å². The summed E-state index contributed by atoms with van der Waals surface area (Å²) in [4.78, 5) is 58.4. The SMILES string of the molecule is C=C(N)c1ccc(C[C@H](C)C(=O)O)cc1.C=C(N)c1cccc(C[C@H](C)C(=O)O)c1.C=C(O)[C@@H](N)CCC1=CN=C(N)C1.C=C(O)[C@@H](N)CCC1CN=C(N)C1.CC(=O)[C@@H](N)CC1CN=C(N)C1.NC1=NC=C(C[C@H](N)C(=O)O)C1. The number of nitrogens with zero attached hydrogens (tertiary/aromatic N) is 4. The van der Waals surface area contributed by atoms with E-state index < -0.39 is 23.9 Å². The van der Waals surface area contributed by atoms with Gasteiger partial charge in [0.25, 0.3) is 0 Å². The molecule has 0 saturated heterocycles. The summed E-state index contributed by atoms with van der Waals surface area (Å²) >= 11 is 0. The molecule has 6 rings (SSSR count). The van der Waals surface area contributed by atoms with Gasteiger partial charge in [-0.05, 0) is 110 Å². The Labute approximate surface area is 469 Å². The Morgan fingerprint density at radius 2 is 1.05 bits per heavy atom. The Morgan fingerprint density at radius 1 is 0.575 bits per heavy atom. The van der Waals surface area contributed by atoms with E-state index in [9.17, 15) is 19.2 Å². The molecular formula is C57H88N14O9. The molecule has 23 nitrogen and oxygen atoms in total. The minimum Gasteiger partial charge on any atom is -0.511 e. The third kappa shape index (κ3) is 29.6. The molecular weight excluding hydrogens is 1020 g/mol. The van der Waals surface area contributed by atoms with Gasteiger partial charge in [-0.15, -0.1) is 0 Å². The van der Waals surface area contributed by atoms with Crippen molar-refractivity contribution in [2.75, 3.05) is 13.1 Å². The summed E-state index contributed by atoms with van der Waals surface area (Å²) in [7, 11) is 0. The van der Waals surface area contributed by atoms with Crippen LogP contribution in [0.4, 0.5) is 0 Å². The van der Waals surface area contributed by atoms with E-state index in [1.54, 1.807) is 26.2 Å². The molecule has 2 unspecified atom stereocenters. The molecule has 4 aliphatic rings. The molecule has 2 aromatic carbocycles. The minimum absolute atomic E-state index is 0.0347. The second-order valence-electron chi connectivity index (χ2n) is 20.2. The summed E-state index contributed by atoms with van der Waals surface area (Å²) in [6, 6.07) is 13.1. The highest BCUT2D eigenvalue weighted by atomic mass is 16.4. The van der Waals surface area contributed by atoms with Crippen LogP contribution >= 0.6 is 0 Å². The lowest BCUT2D eigenvalue weighted by Gasteiger charge is -2.12. The lowest BCUT2D eigenvalue weighted by Crippen LogP contribution is -2.31. The number of aliphatic imine (C=N–C) groups is 4. The molecule has 23 heteroatoms. The maximum absolute atomic E-state index is 10.8. The van der Waals surface area contributed by atoms with Gasteiger partial charge in [0, 0.05) is 62.6 Å². The van der Waals surface area contributed by atoms with Gasteiger partial charge >= 0.3 is 17.9 Å². The number of aliphatic hydroxyl groups excluding tert-OH is 2. The Balaban J connectivity index is 0.000000481. The number of aliphatic hydroxyl groups is 2. The summed E-state index contributed by atoms with van der Waals surface area (Å²) in [5.74, 6) is 0.305. The zero-order chi connectivity index (χ0) is 60.8. The van der Waals surface area contributed by atoms with Crippen molar-refractivity contribution in [1.82, 2.24) is 0 Å². The minimum atomic E-state index is -0.999. The summed E-state index contributed by atoms with van der Waals surface area (Å²) in [6.45, 7) is 20.5. The number of amidine groups is 4. The van der Waals surface area contributed by atoms with E-state index in [-0.39, 0.29) is 47.3 Å². The second kappa shape index (κ2) is 36.1. The second-order valence-corrected chi connectivity index (χ2v) is 20.2. The van der Waals surface area contributed by atoms with Crippen molar-refractivity contribution >= 4 is 58.4 Å². The third-order valence-corrected chi connectivity index (χ3v) is 12.7. The predicted molar refractivity (Wildman–Crippen MR) is 320 cm³/mol. The first kappa shape index (κ1) is 69.9. The van der Waals surface area contributed by atoms with Crippen LogP contribution in [0.5, 0.6) is 0 Å². The number of Topliss-reactive ketones (excluding diaryl/α,β-unsaturated/α-hetero) is 1. The van der Waals surface area contributed by atoms with Gasteiger partial charge in [-0.1, -0.05) is 82.6 Å². The number of hydrogen-bond acceptors (Lipinski definition) is 20. The average Bonchev–Trinajstić information content (AvgIpc) is 4.22. The molecule has 4 heterocycles. The van der Waals surface area contributed by atoms with Gasteiger partial charge in [-0.25, -0.2) is 9.98 Å². The number of hydrogen-bond donors (Lipinski definition) is 15. The fraction of sp³-hybridized carbons (Fsp3) is 0.439. The maximum Gasteiger partial charge on any atom is 0.320 e. The summed E-state index contributed by atoms with van der Waals surface area (Å²) in [5.41, 5.74) is 61.9. The number of carbonyl (C=O) groups is 4.